The molecule has 7 heteroatoms. The van der Waals surface area contributed by atoms with Gasteiger partial charge in [0.05, 0.1) is 18.7 Å². The Morgan fingerprint density at radius 3 is 2.88 bits per heavy atom. The zero-order valence-corrected chi connectivity index (χ0v) is 12.6. The molecule has 1 rings (SSSR count). The summed E-state index contributed by atoms with van der Waals surface area (Å²) in [5.41, 5.74) is 0.785. The molecule has 0 unspecified atom stereocenters. The van der Waals surface area contributed by atoms with Crippen LogP contribution in [-0.4, -0.2) is 40.8 Å². The fourth-order valence-electron chi connectivity index (χ4n) is 1.30. The van der Waals surface area contributed by atoms with Crippen molar-refractivity contribution in [3.63, 3.8) is 0 Å². The minimum Gasteiger partial charge on any atom is -0.466 e. The number of halogens is 1. The lowest BCUT2D eigenvalue weighted by Crippen LogP contribution is -2.31. The molecule has 0 saturated heterocycles. The lowest BCUT2D eigenvalue weighted by atomic mass is 10.3. The smallest absolute Gasteiger partial charge is 0.311 e. The normalized spacial score (nSPS) is 15.1. The first-order valence-electron chi connectivity index (χ1n) is 5.38. The van der Waals surface area contributed by atoms with E-state index in [9.17, 15) is 4.79 Å². The van der Waals surface area contributed by atoms with Gasteiger partial charge in [0.1, 0.15) is 0 Å². The van der Waals surface area contributed by atoms with Gasteiger partial charge in [-0.05, 0) is 13.3 Å². The van der Waals surface area contributed by atoms with Gasteiger partial charge in [0.25, 0.3) is 0 Å². The summed E-state index contributed by atoms with van der Waals surface area (Å²) in [6.07, 6.45) is 1.16. The van der Waals surface area contributed by atoms with Crippen LogP contribution in [0.3, 0.4) is 0 Å². The maximum absolute atomic E-state index is 11.3. The van der Waals surface area contributed by atoms with Gasteiger partial charge in [-0.1, -0.05) is 18.7 Å². The minimum atomic E-state index is -0.244. The summed E-state index contributed by atoms with van der Waals surface area (Å²) in [7, 11) is 0. The summed E-state index contributed by atoms with van der Waals surface area (Å²) in [6.45, 7) is 4.94. The topological polar surface area (TPSA) is 65.8 Å². The summed E-state index contributed by atoms with van der Waals surface area (Å²) in [5.74, 6) is 0.365. The third-order valence-electron chi connectivity index (χ3n) is 1.96. The molecule has 1 aliphatic heterocycles. The van der Waals surface area contributed by atoms with E-state index in [2.05, 4.69) is 5.10 Å². The molecular formula is C10H18BrN3O2S. The highest BCUT2D eigenvalue weighted by Gasteiger charge is 2.19. The van der Waals surface area contributed by atoms with Crippen LogP contribution in [0.5, 0.6) is 0 Å². The van der Waals surface area contributed by atoms with Gasteiger partial charge in [-0.15, -0.1) is 17.0 Å². The fraction of sp³-hybridized carbons (Fsp3) is 0.700. The molecule has 0 radical (unpaired) electrons. The standard InChI is InChI=1S/C10H17N3O2S.BrH/c1-3-5-13-10(11)16-7-8(12-13)6-9(14)15-4-2;/h11H,3-7H2,1-2H3;1H. The molecule has 0 saturated carbocycles. The fourth-order valence-corrected chi connectivity index (χ4v) is 2.04. The molecule has 1 heterocycles. The van der Waals surface area contributed by atoms with Crippen molar-refractivity contribution < 1.29 is 9.53 Å². The Hall–Kier alpha value is -0.560. The molecule has 1 N–H and O–H groups in total. The monoisotopic (exact) mass is 323 g/mol. The van der Waals surface area contributed by atoms with Crippen molar-refractivity contribution in [1.82, 2.24) is 5.01 Å². The Morgan fingerprint density at radius 2 is 2.29 bits per heavy atom. The van der Waals surface area contributed by atoms with Crippen LogP contribution in [0.15, 0.2) is 5.10 Å². The van der Waals surface area contributed by atoms with E-state index < -0.39 is 0 Å². The van der Waals surface area contributed by atoms with Crippen LogP contribution in [0.4, 0.5) is 0 Å². The second-order valence-corrected chi connectivity index (χ2v) is 4.33. The number of rotatable bonds is 5. The van der Waals surface area contributed by atoms with Crippen molar-refractivity contribution in [2.75, 3.05) is 18.9 Å². The third kappa shape index (κ3) is 5.54. The maximum atomic E-state index is 11.3. The van der Waals surface area contributed by atoms with Crippen LogP contribution in [-0.2, 0) is 9.53 Å². The van der Waals surface area contributed by atoms with Crippen LogP contribution in [0, 0.1) is 5.41 Å². The van der Waals surface area contributed by atoms with E-state index in [1.165, 1.54) is 11.8 Å². The van der Waals surface area contributed by atoms with Crippen molar-refractivity contribution in [1.29, 1.82) is 5.41 Å². The van der Waals surface area contributed by atoms with Crippen molar-refractivity contribution in [3.8, 4) is 0 Å². The molecule has 0 bridgehead atoms. The van der Waals surface area contributed by atoms with E-state index in [0.29, 0.717) is 17.5 Å². The number of nitrogens with zero attached hydrogens (tertiary/aromatic N) is 2. The van der Waals surface area contributed by atoms with E-state index >= 15 is 0 Å². The van der Waals surface area contributed by atoms with E-state index in [4.69, 9.17) is 10.1 Å². The summed E-state index contributed by atoms with van der Waals surface area (Å²) in [5, 5.41) is 14.0. The number of esters is 1. The molecule has 0 aliphatic carbocycles. The molecule has 0 aromatic heterocycles. The number of carbonyl (C=O) groups excluding carboxylic acids is 1. The van der Waals surface area contributed by atoms with E-state index in [0.717, 1.165) is 18.7 Å². The highest BCUT2D eigenvalue weighted by molar-refractivity contribution is 8.93. The SMILES string of the molecule is Br.CCCN1N=C(CC(=O)OCC)CSC1=N. The number of hydrazone groups is 1. The van der Waals surface area contributed by atoms with Crippen LogP contribution in [0.25, 0.3) is 0 Å². The van der Waals surface area contributed by atoms with Crippen molar-refractivity contribution >= 4 is 45.6 Å². The van der Waals surface area contributed by atoms with Crippen molar-refractivity contribution in [2.45, 2.75) is 26.7 Å². The number of ether oxygens (including phenoxy) is 1. The average Bonchev–Trinajstić information content (AvgIpc) is 2.24. The van der Waals surface area contributed by atoms with Crippen LogP contribution in [0.1, 0.15) is 26.7 Å². The van der Waals surface area contributed by atoms with Crippen molar-refractivity contribution in [2.24, 2.45) is 5.10 Å². The lowest BCUT2D eigenvalue weighted by Gasteiger charge is -2.24. The zero-order valence-electron chi connectivity index (χ0n) is 10.1. The molecule has 0 fully saturated rings. The maximum Gasteiger partial charge on any atom is 0.311 e. The summed E-state index contributed by atoms with van der Waals surface area (Å²) < 4.78 is 4.87. The van der Waals surface area contributed by atoms with E-state index in [1.807, 2.05) is 6.92 Å². The molecular weight excluding hydrogens is 306 g/mol. The molecule has 0 aromatic carbocycles. The number of amidine groups is 1. The highest BCUT2D eigenvalue weighted by Crippen LogP contribution is 2.16. The Balaban J connectivity index is 0.00000256. The Bertz CT molecular complexity index is 310. The van der Waals surface area contributed by atoms with Gasteiger partial charge in [-0.3, -0.25) is 10.2 Å². The summed E-state index contributed by atoms with van der Waals surface area (Å²) in [6, 6.07) is 0. The molecule has 0 amide bonds. The predicted octanol–water partition coefficient (Wildman–Crippen LogP) is 2.27. The number of carbonyl (C=O) groups is 1. The molecule has 5 nitrogen and oxygen atoms in total. The number of hydrogen-bond acceptors (Lipinski definition) is 5. The van der Waals surface area contributed by atoms with Crippen LogP contribution >= 0.6 is 28.7 Å². The van der Waals surface area contributed by atoms with Crippen molar-refractivity contribution in [3.05, 3.63) is 0 Å². The molecule has 1 aliphatic rings. The van der Waals surface area contributed by atoms with Gasteiger partial charge in [-0.25, -0.2) is 5.01 Å². The van der Waals surface area contributed by atoms with Gasteiger partial charge in [0.2, 0.25) is 0 Å². The third-order valence-corrected chi connectivity index (χ3v) is 2.92. The Morgan fingerprint density at radius 1 is 1.59 bits per heavy atom. The minimum absolute atomic E-state index is 0. The summed E-state index contributed by atoms with van der Waals surface area (Å²) >= 11 is 1.40. The molecule has 0 aromatic rings. The second-order valence-electron chi connectivity index (χ2n) is 3.36. The first-order valence-corrected chi connectivity index (χ1v) is 6.36. The van der Waals surface area contributed by atoms with Gasteiger partial charge in [0, 0.05) is 12.3 Å². The average molecular weight is 324 g/mol. The van der Waals surface area contributed by atoms with Crippen LogP contribution in [0.2, 0.25) is 0 Å². The molecule has 98 valence electrons. The van der Waals surface area contributed by atoms with Gasteiger partial charge in [-0.2, -0.15) is 5.10 Å². The van der Waals surface area contributed by atoms with E-state index in [-0.39, 0.29) is 29.4 Å². The number of thioether (sulfide) groups is 1. The summed E-state index contributed by atoms with van der Waals surface area (Å²) in [4.78, 5) is 11.3. The zero-order chi connectivity index (χ0) is 12.0. The number of hydrogen-bond donors (Lipinski definition) is 1. The Labute approximate surface area is 116 Å². The molecule has 17 heavy (non-hydrogen) atoms. The van der Waals surface area contributed by atoms with Gasteiger partial charge >= 0.3 is 5.97 Å². The highest BCUT2D eigenvalue weighted by atomic mass is 79.9. The molecule has 0 atom stereocenters. The number of nitrogens with one attached hydrogen (secondary N) is 1. The van der Waals surface area contributed by atoms with Gasteiger partial charge < -0.3 is 4.74 Å². The van der Waals surface area contributed by atoms with Gasteiger partial charge in [0.15, 0.2) is 5.17 Å². The van der Waals surface area contributed by atoms with Crippen LogP contribution < -0.4 is 0 Å². The van der Waals surface area contributed by atoms with E-state index in [1.54, 1.807) is 11.9 Å². The second kappa shape index (κ2) is 8.52. The first-order chi connectivity index (χ1) is 7.67. The Kier molecular flexibility index (Phi) is 8.24. The molecule has 0 spiro atoms. The largest absolute Gasteiger partial charge is 0.466 e. The predicted molar refractivity (Wildman–Crippen MR) is 76.2 cm³/mol. The lowest BCUT2D eigenvalue weighted by molar-refractivity contribution is -0.141. The quantitative estimate of drug-likeness (QED) is 0.788. The first kappa shape index (κ1) is 16.4.